The lowest BCUT2D eigenvalue weighted by molar-refractivity contribution is 0.665. The summed E-state index contributed by atoms with van der Waals surface area (Å²) in [7, 11) is 0. The van der Waals surface area contributed by atoms with Crippen LogP contribution in [0.15, 0.2) is 0 Å². The van der Waals surface area contributed by atoms with Crippen LogP contribution in [0.4, 0.5) is 0 Å². The van der Waals surface area contributed by atoms with Gasteiger partial charge < -0.3 is 5.32 Å². The molecule has 0 saturated carbocycles. The molecule has 1 aliphatic rings. The molecule has 0 amide bonds. The van der Waals surface area contributed by atoms with Crippen LogP contribution >= 0.6 is 11.8 Å². The van der Waals surface area contributed by atoms with Crippen molar-refractivity contribution < 1.29 is 0 Å². The third-order valence-corrected chi connectivity index (χ3v) is 2.67. The molecule has 1 saturated heterocycles. The van der Waals surface area contributed by atoms with E-state index in [1.165, 1.54) is 13.0 Å². The van der Waals surface area contributed by atoms with Gasteiger partial charge in [0.05, 0.1) is 0 Å². The van der Waals surface area contributed by atoms with Gasteiger partial charge in [-0.2, -0.15) is 11.8 Å². The second kappa shape index (κ2) is 2.74. The maximum absolute atomic E-state index is 3.40. The van der Waals surface area contributed by atoms with Gasteiger partial charge in [0.2, 0.25) is 0 Å². The van der Waals surface area contributed by atoms with Gasteiger partial charge in [-0.15, -0.1) is 0 Å². The Morgan fingerprint density at radius 2 is 2.38 bits per heavy atom. The van der Waals surface area contributed by atoms with E-state index in [0.29, 0.717) is 0 Å². The van der Waals surface area contributed by atoms with Gasteiger partial charge in [-0.1, -0.05) is 0 Å². The summed E-state index contributed by atoms with van der Waals surface area (Å²) >= 11 is 1.97. The third kappa shape index (κ3) is 1.39. The predicted octanol–water partition coefficient (Wildman–Crippen LogP) is 1.10. The molecule has 0 bridgehead atoms. The molecule has 0 radical (unpaired) electrons. The van der Waals surface area contributed by atoms with Crippen molar-refractivity contribution in [1.29, 1.82) is 0 Å². The first-order valence-electron chi connectivity index (χ1n) is 3.09. The van der Waals surface area contributed by atoms with Crippen molar-refractivity contribution in [2.75, 3.05) is 12.8 Å². The fraction of sp³-hybridized carbons (Fsp3) is 1.00. The van der Waals surface area contributed by atoms with E-state index in [9.17, 15) is 0 Å². The molecule has 2 heteroatoms. The van der Waals surface area contributed by atoms with Crippen LogP contribution in [0.25, 0.3) is 0 Å². The minimum atomic E-state index is 0.757. The molecule has 1 N–H and O–H groups in total. The zero-order valence-electron chi connectivity index (χ0n) is 5.48. The van der Waals surface area contributed by atoms with Crippen LogP contribution in [0, 0.1) is 0 Å². The molecule has 1 heterocycles. The number of rotatable bonds is 1. The maximum atomic E-state index is 3.40. The van der Waals surface area contributed by atoms with Gasteiger partial charge in [0.25, 0.3) is 0 Å². The fourth-order valence-electron chi connectivity index (χ4n) is 1.07. The standard InChI is InChI=1S/C6H13NS/c1-5-3-6(8-2)4-7-5/h5-7H,3-4H2,1-2H3/t5-,6+/m0/s1. The highest BCUT2D eigenvalue weighted by Gasteiger charge is 2.18. The molecule has 0 aliphatic carbocycles. The first-order chi connectivity index (χ1) is 3.83. The van der Waals surface area contributed by atoms with Crippen LogP contribution in [0.1, 0.15) is 13.3 Å². The van der Waals surface area contributed by atoms with E-state index >= 15 is 0 Å². The summed E-state index contributed by atoms with van der Waals surface area (Å²) < 4.78 is 0. The highest BCUT2D eigenvalue weighted by atomic mass is 32.2. The van der Waals surface area contributed by atoms with Crippen molar-refractivity contribution in [2.45, 2.75) is 24.6 Å². The average molecular weight is 131 g/mol. The minimum Gasteiger partial charge on any atom is -0.313 e. The fourth-order valence-corrected chi connectivity index (χ4v) is 1.82. The molecule has 8 heavy (non-hydrogen) atoms. The molecule has 1 nitrogen and oxygen atoms in total. The Hall–Kier alpha value is 0.310. The zero-order valence-corrected chi connectivity index (χ0v) is 6.29. The van der Waals surface area contributed by atoms with Crippen LogP contribution in [-0.2, 0) is 0 Å². The molecule has 0 spiro atoms. The Labute approximate surface area is 55.2 Å². The molecule has 0 aromatic rings. The quantitative estimate of drug-likeness (QED) is 0.572. The van der Waals surface area contributed by atoms with Crippen LogP contribution < -0.4 is 5.32 Å². The number of hydrogen-bond acceptors (Lipinski definition) is 2. The second-order valence-corrected chi connectivity index (χ2v) is 3.54. The summed E-state index contributed by atoms with van der Waals surface area (Å²) in [6.07, 6.45) is 3.53. The molecule has 0 aromatic carbocycles. The van der Waals surface area contributed by atoms with Crippen LogP contribution in [0.2, 0.25) is 0 Å². The van der Waals surface area contributed by atoms with E-state index in [0.717, 1.165) is 11.3 Å². The van der Waals surface area contributed by atoms with Crippen molar-refractivity contribution >= 4 is 11.8 Å². The molecule has 1 fully saturated rings. The van der Waals surface area contributed by atoms with Gasteiger partial charge in [-0.25, -0.2) is 0 Å². The van der Waals surface area contributed by atoms with E-state index in [4.69, 9.17) is 0 Å². The van der Waals surface area contributed by atoms with E-state index in [1.54, 1.807) is 0 Å². The van der Waals surface area contributed by atoms with Gasteiger partial charge >= 0.3 is 0 Å². The van der Waals surface area contributed by atoms with E-state index < -0.39 is 0 Å². The summed E-state index contributed by atoms with van der Waals surface area (Å²) in [6.45, 7) is 3.46. The van der Waals surface area contributed by atoms with Crippen molar-refractivity contribution in [3.8, 4) is 0 Å². The Balaban J connectivity index is 2.22. The molecule has 0 unspecified atom stereocenters. The van der Waals surface area contributed by atoms with Crippen LogP contribution in [-0.4, -0.2) is 24.1 Å². The summed E-state index contributed by atoms with van der Waals surface area (Å²) in [5, 5.41) is 4.28. The van der Waals surface area contributed by atoms with Gasteiger partial charge in [-0.05, 0) is 19.6 Å². The van der Waals surface area contributed by atoms with Crippen molar-refractivity contribution in [3.63, 3.8) is 0 Å². The lowest BCUT2D eigenvalue weighted by Crippen LogP contribution is -2.16. The Morgan fingerprint density at radius 1 is 1.62 bits per heavy atom. The summed E-state index contributed by atoms with van der Waals surface area (Å²) in [4.78, 5) is 0. The molecule has 0 aromatic heterocycles. The minimum absolute atomic E-state index is 0.757. The van der Waals surface area contributed by atoms with E-state index in [-0.39, 0.29) is 0 Å². The molecular formula is C6H13NS. The van der Waals surface area contributed by atoms with Gasteiger partial charge in [-0.3, -0.25) is 0 Å². The predicted molar refractivity (Wildman–Crippen MR) is 39.4 cm³/mol. The molecule has 1 rings (SSSR count). The Bertz CT molecular complexity index is 74.9. The van der Waals surface area contributed by atoms with Gasteiger partial charge in [0.1, 0.15) is 0 Å². The normalized spacial score (nSPS) is 38.2. The third-order valence-electron chi connectivity index (χ3n) is 1.64. The maximum Gasteiger partial charge on any atom is 0.0184 e. The highest BCUT2D eigenvalue weighted by Crippen LogP contribution is 2.17. The van der Waals surface area contributed by atoms with Gasteiger partial charge in [0, 0.05) is 17.8 Å². The molecular weight excluding hydrogens is 118 g/mol. The Kier molecular flexibility index (Phi) is 2.20. The lowest BCUT2D eigenvalue weighted by atomic mass is 10.2. The number of hydrogen-bond donors (Lipinski definition) is 1. The van der Waals surface area contributed by atoms with Crippen molar-refractivity contribution in [2.24, 2.45) is 0 Å². The second-order valence-electron chi connectivity index (χ2n) is 2.40. The SMILES string of the molecule is CS[C@H]1CN[C@@H](C)C1. The molecule has 48 valence electrons. The summed E-state index contributed by atoms with van der Waals surface area (Å²) in [6, 6.07) is 0.757. The van der Waals surface area contributed by atoms with Crippen molar-refractivity contribution in [3.05, 3.63) is 0 Å². The number of nitrogens with one attached hydrogen (secondary N) is 1. The van der Waals surface area contributed by atoms with Crippen LogP contribution in [0.5, 0.6) is 0 Å². The van der Waals surface area contributed by atoms with Crippen LogP contribution in [0.3, 0.4) is 0 Å². The van der Waals surface area contributed by atoms with Crippen molar-refractivity contribution in [1.82, 2.24) is 5.32 Å². The Morgan fingerprint density at radius 3 is 2.62 bits per heavy atom. The number of thioether (sulfide) groups is 1. The first-order valence-corrected chi connectivity index (χ1v) is 4.38. The lowest BCUT2D eigenvalue weighted by Gasteiger charge is -2.00. The largest absolute Gasteiger partial charge is 0.313 e. The van der Waals surface area contributed by atoms with E-state index in [2.05, 4.69) is 18.5 Å². The topological polar surface area (TPSA) is 12.0 Å². The highest BCUT2D eigenvalue weighted by molar-refractivity contribution is 7.99. The molecule has 2 atom stereocenters. The summed E-state index contributed by atoms with van der Waals surface area (Å²) in [5.41, 5.74) is 0. The van der Waals surface area contributed by atoms with E-state index in [1.807, 2.05) is 11.8 Å². The van der Waals surface area contributed by atoms with Gasteiger partial charge in [0.15, 0.2) is 0 Å². The first kappa shape index (κ1) is 6.43. The molecule has 1 aliphatic heterocycles. The zero-order chi connectivity index (χ0) is 5.98. The monoisotopic (exact) mass is 131 g/mol. The average Bonchev–Trinajstić information content (AvgIpc) is 2.14. The summed E-state index contributed by atoms with van der Waals surface area (Å²) in [5.74, 6) is 0. The smallest absolute Gasteiger partial charge is 0.0184 e.